The summed E-state index contributed by atoms with van der Waals surface area (Å²) < 4.78 is 0. The third kappa shape index (κ3) is 2.06. The summed E-state index contributed by atoms with van der Waals surface area (Å²) >= 11 is 0. The normalized spacial score (nSPS) is 13.0. The maximum Gasteiger partial charge on any atom is 0.149 e. The van der Waals surface area contributed by atoms with Gasteiger partial charge >= 0.3 is 0 Å². The topological polar surface area (TPSA) is 44.0 Å². The van der Waals surface area contributed by atoms with Gasteiger partial charge in [0.25, 0.3) is 0 Å². The van der Waals surface area contributed by atoms with Crippen molar-refractivity contribution in [3.8, 4) is 6.07 Å². The van der Waals surface area contributed by atoms with E-state index in [2.05, 4.69) is 12.3 Å². The van der Waals surface area contributed by atoms with Gasteiger partial charge in [0.2, 0.25) is 0 Å². The Morgan fingerprint density at radius 1 is 1.70 bits per heavy atom. The fourth-order valence-electron chi connectivity index (χ4n) is 0.508. The number of nitrogens with zero attached hydrogens (tertiary/aromatic N) is 1. The van der Waals surface area contributed by atoms with Gasteiger partial charge in [0.05, 0.1) is 6.07 Å². The number of rotatable bonds is 2. The molecule has 0 saturated carbocycles. The second-order valence-corrected chi connectivity index (χ2v) is 2.70. The van der Waals surface area contributed by atoms with E-state index in [1.807, 2.05) is 0 Å². The van der Waals surface area contributed by atoms with Crippen LogP contribution in [0.25, 0.3) is 0 Å². The first kappa shape index (κ1) is 8.97. The fraction of sp³-hybridized carbons (Fsp3) is 0.500. The first-order valence-corrected chi connectivity index (χ1v) is 2.99. The Balaban J connectivity index is 4.42. The molecule has 1 atom stereocenters. The summed E-state index contributed by atoms with van der Waals surface area (Å²) in [6, 6.07) is 1.75. The van der Waals surface area contributed by atoms with E-state index in [0.717, 1.165) is 0 Å². The van der Waals surface area contributed by atoms with E-state index in [9.17, 15) is 0 Å². The first-order chi connectivity index (χ1) is 4.54. The molecule has 0 fully saturated rings. The van der Waals surface area contributed by atoms with Crippen LogP contribution in [0.15, 0.2) is 18.4 Å². The lowest BCUT2D eigenvalue weighted by molar-refractivity contribution is 0.133. The van der Waals surface area contributed by atoms with Gasteiger partial charge in [-0.1, -0.05) is 20.4 Å². The molecule has 0 aliphatic carbocycles. The van der Waals surface area contributed by atoms with Crippen LogP contribution in [-0.4, -0.2) is 11.2 Å². The van der Waals surface area contributed by atoms with Crippen LogP contribution in [-0.2, 0) is 0 Å². The molecular formula is C8H11NO. The van der Waals surface area contributed by atoms with Crippen LogP contribution in [0.3, 0.4) is 0 Å². The van der Waals surface area contributed by atoms with Crippen molar-refractivity contribution >= 4 is 0 Å². The molecule has 0 spiro atoms. The molecule has 0 saturated heterocycles. The van der Waals surface area contributed by atoms with E-state index in [1.54, 1.807) is 26.0 Å². The molecule has 2 nitrogen and oxygen atoms in total. The number of nitriles is 1. The van der Waals surface area contributed by atoms with Gasteiger partial charge in [0, 0.05) is 5.41 Å². The summed E-state index contributed by atoms with van der Waals surface area (Å²) in [7, 11) is 0. The van der Waals surface area contributed by atoms with Crippen LogP contribution in [0.2, 0.25) is 0 Å². The smallest absolute Gasteiger partial charge is 0.149 e. The van der Waals surface area contributed by atoms with Gasteiger partial charge in [0.15, 0.2) is 0 Å². The van der Waals surface area contributed by atoms with Crippen LogP contribution in [0.1, 0.15) is 13.8 Å². The zero-order chi connectivity index (χ0) is 8.20. The quantitative estimate of drug-likeness (QED) is 0.459. The van der Waals surface area contributed by atoms with Crippen molar-refractivity contribution in [2.24, 2.45) is 5.41 Å². The number of aliphatic hydroxyl groups is 1. The third-order valence-corrected chi connectivity index (χ3v) is 1.30. The molecule has 0 aromatic heterocycles. The molecule has 0 aliphatic heterocycles. The largest absolute Gasteiger partial charge is 0.377 e. The molecule has 54 valence electrons. The zero-order valence-corrected chi connectivity index (χ0v) is 6.26. The predicted molar refractivity (Wildman–Crippen MR) is 39.1 cm³/mol. The van der Waals surface area contributed by atoms with Gasteiger partial charge in [-0.25, -0.2) is 0 Å². The fourth-order valence-corrected chi connectivity index (χ4v) is 0.508. The van der Waals surface area contributed by atoms with Crippen molar-refractivity contribution in [2.75, 3.05) is 0 Å². The summed E-state index contributed by atoms with van der Waals surface area (Å²) in [5.74, 6) is 0. The van der Waals surface area contributed by atoms with E-state index in [4.69, 9.17) is 10.4 Å². The molecule has 0 rings (SSSR count). The maximum absolute atomic E-state index is 9.06. The Kier molecular flexibility index (Phi) is 2.89. The highest BCUT2D eigenvalue weighted by molar-refractivity contribution is 5.04. The van der Waals surface area contributed by atoms with Gasteiger partial charge in [-0.05, 0) is 6.08 Å². The van der Waals surface area contributed by atoms with Gasteiger partial charge in [-0.3, -0.25) is 0 Å². The standard InChI is InChI=1S/C8H11NO/c1-4-5-8(2,3)7(10)6-9/h5,7,10H,1H2,2-3H3. The van der Waals surface area contributed by atoms with E-state index < -0.39 is 11.5 Å². The summed E-state index contributed by atoms with van der Waals surface area (Å²) in [6.45, 7) is 6.86. The molecule has 0 bridgehead atoms. The summed E-state index contributed by atoms with van der Waals surface area (Å²) in [4.78, 5) is 0. The number of hydrogen-bond acceptors (Lipinski definition) is 2. The van der Waals surface area contributed by atoms with Crippen LogP contribution in [0.5, 0.6) is 0 Å². The van der Waals surface area contributed by atoms with Crippen molar-refractivity contribution in [1.82, 2.24) is 0 Å². The van der Waals surface area contributed by atoms with Crippen LogP contribution in [0.4, 0.5) is 0 Å². The molecule has 0 amide bonds. The van der Waals surface area contributed by atoms with Gasteiger partial charge in [-0.2, -0.15) is 5.26 Å². The number of hydrogen-bond donors (Lipinski definition) is 1. The number of aliphatic hydroxyl groups excluding tert-OH is 1. The molecule has 0 aromatic rings. The molecule has 1 unspecified atom stereocenters. The molecule has 0 heterocycles. The zero-order valence-electron chi connectivity index (χ0n) is 6.26. The van der Waals surface area contributed by atoms with E-state index in [-0.39, 0.29) is 0 Å². The third-order valence-electron chi connectivity index (χ3n) is 1.30. The van der Waals surface area contributed by atoms with Crippen molar-refractivity contribution in [2.45, 2.75) is 20.0 Å². The van der Waals surface area contributed by atoms with Gasteiger partial charge < -0.3 is 5.11 Å². The highest BCUT2D eigenvalue weighted by Gasteiger charge is 2.24. The minimum atomic E-state index is -0.984. The summed E-state index contributed by atoms with van der Waals surface area (Å²) in [5, 5.41) is 17.4. The van der Waals surface area contributed by atoms with Crippen LogP contribution in [0, 0.1) is 16.7 Å². The molecule has 10 heavy (non-hydrogen) atoms. The van der Waals surface area contributed by atoms with Gasteiger partial charge in [-0.15, -0.1) is 5.73 Å². The van der Waals surface area contributed by atoms with Crippen molar-refractivity contribution in [1.29, 1.82) is 5.26 Å². The van der Waals surface area contributed by atoms with E-state index >= 15 is 0 Å². The molecule has 0 radical (unpaired) electrons. The monoisotopic (exact) mass is 137 g/mol. The minimum absolute atomic E-state index is 0.545. The average Bonchev–Trinajstić information content (AvgIpc) is 1.86. The minimum Gasteiger partial charge on any atom is -0.377 e. The van der Waals surface area contributed by atoms with E-state index in [0.29, 0.717) is 0 Å². The second kappa shape index (κ2) is 3.22. The average molecular weight is 137 g/mol. The lowest BCUT2D eigenvalue weighted by Crippen LogP contribution is -2.24. The Bertz CT molecular complexity index is 194. The SMILES string of the molecule is C=C=CC(C)(C)C(O)C#N. The maximum atomic E-state index is 9.06. The van der Waals surface area contributed by atoms with E-state index in [1.165, 1.54) is 0 Å². The molecule has 0 aliphatic rings. The Morgan fingerprint density at radius 3 is 2.50 bits per heavy atom. The Morgan fingerprint density at radius 2 is 2.20 bits per heavy atom. The van der Waals surface area contributed by atoms with Crippen molar-refractivity contribution in [3.05, 3.63) is 18.4 Å². The molecule has 2 heteroatoms. The summed E-state index contributed by atoms with van der Waals surface area (Å²) in [5.41, 5.74) is 1.99. The van der Waals surface area contributed by atoms with Crippen molar-refractivity contribution < 1.29 is 5.11 Å². The predicted octanol–water partition coefficient (Wildman–Crippen LogP) is 1.24. The molecule has 1 N–H and O–H groups in total. The first-order valence-electron chi connectivity index (χ1n) is 2.99. The second-order valence-electron chi connectivity index (χ2n) is 2.70. The summed E-state index contributed by atoms with van der Waals surface area (Å²) in [6.07, 6.45) is 0.600. The Labute approximate surface area is 61.1 Å². The molecular weight excluding hydrogens is 126 g/mol. The molecule has 0 aromatic carbocycles. The van der Waals surface area contributed by atoms with Gasteiger partial charge in [0.1, 0.15) is 6.10 Å². The lowest BCUT2D eigenvalue weighted by atomic mass is 9.87. The van der Waals surface area contributed by atoms with Crippen LogP contribution >= 0.6 is 0 Å². The lowest BCUT2D eigenvalue weighted by Gasteiger charge is -2.19. The van der Waals surface area contributed by atoms with Crippen molar-refractivity contribution in [3.63, 3.8) is 0 Å². The highest BCUT2D eigenvalue weighted by Crippen LogP contribution is 2.20. The van der Waals surface area contributed by atoms with Crippen LogP contribution < -0.4 is 0 Å². The highest BCUT2D eigenvalue weighted by atomic mass is 16.3. The Hall–Kier alpha value is -1.03.